The number of carbonyl (C=O) groups excluding carboxylic acids is 1. The third-order valence-electron chi connectivity index (χ3n) is 4.14. The van der Waals surface area contributed by atoms with Crippen LogP contribution in [0.25, 0.3) is 0 Å². The number of nitrogens with zero attached hydrogens (tertiary/aromatic N) is 1. The molecule has 0 aliphatic carbocycles. The highest BCUT2D eigenvalue weighted by Crippen LogP contribution is 2.17. The lowest BCUT2D eigenvalue weighted by atomic mass is 10.0. The van der Waals surface area contributed by atoms with Crippen molar-refractivity contribution in [3.05, 3.63) is 44.3 Å². The van der Waals surface area contributed by atoms with Gasteiger partial charge in [0.1, 0.15) is 0 Å². The number of likely N-dealkylation sites (tertiary alicyclic amines) is 1. The van der Waals surface area contributed by atoms with Gasteiger partial charge in [0.2, 0.25) is 0 Å². The minimum atomic E-state index is 0.0927. The van der Waals surface area contributed by atoms with Gasteiger partial charge in [0, 0.05) is 35.4 Å². The van der Waals surface area contributed by atoms with Crippen molar-refractivity contribution in [2.45, 2.75) is 32.2 Å². The molecule has 22 heavy (non-hydrogen) atoms. The van der Waals surface area contributed by atoms with Gasteiger partial charge < -0.3 is 10.2 Å². The van der Waals surface area contributed by atoms with Crippen molar-refractivity contribution in [3.8, 4) is 0 Å². The average molecular weight is 335 g/mol. The monoisotopic (exact) mass is 334 g/mol. The zero-order valence-electron chi connectivity index (χ0n) is 12.9. The summed E-state index contributed by atoms with van der Waals surface area (Å²) in [4.78, 5) is 18.2. The van der Waals surface area contributed by atoms with Gasteiger partial charge in [-0.1, -0.05) is 6.07 Å². The molecule has 0 unspecified atom stereocenters. The molecule has 2 aromatic heterocycles. The summed E-state index contributed by atoms with van der Waals surface area (Å²) >= 11 is 3.41. The van der Waals surface area contributed by atoms with E-state index in [1.54, 1.807) is 11.3 Å². The Balaban J connectivity index is 1.41. The molecule has 3 rings (SSSR count). The van der Waals surface area contributed by atoms with Crippen LogP contribution in [-0.4, -0.2) is 36.5 Å². The molecule has 3 heterocycles. The van der Waals surface area contributed by atoms with Gasteiger partial charge in [-0.3, -0.25) is 4.79 Å². The zero-order chi connectivity index (χ0) is 15.4. The molecule has 1 fully saturated rings. The first-order chi connectivity index (χ1) is 10.7. The molecule has 1 aliphatic heterocycles. The summed E-state index contributed by atoms with van der Waals surface area (Å²) < 4.78 is 0. The molecule has 0 spiro atoms. The Morgan fingerprint density at radius 1 is 1.32 bits per heavy atom. The number of amides is 1. The number of nitrogens with one attached hydrogen (secondary N) is 1. The van der Waals surface area contributed by atoms with Gasteiger partial charge in [-0.25, -0.2) is 0 Å². The predicted molar refractivity (Wildman–Crippen MR) is 94.0 cm³/mol. The minimum Gasteiger partial charge on any atom is -0.349 e. The fourth-order valence-electron chi connectivity index (χ4n) is 2.84. The van der Waals surface area contributed by atoms with E-state index < -0.39 is 0 Å². The lowest BCUT2D eigenvalue weighted by Crippen LogP contribution is -2.44. The maximum Gasteiger partial charge on any atom is 0.261 e. The number of rotatable bonds is 5. The molecule has 2 aromatic rings. The van der Waals surface area contributed by atoms with E-state index in [-0.39, 0.29) is 5.91 Å². The molecule has 1 saturated heterocycles. The molecule has 0 radical (unpaired) electrons. The second kappa shape index (κ2) is 7.40. The quantitative estimate of drug-likeness (QED) is 0.907. The molecule has 3 nitrogen and oxygen atoms in total. The second-order valence-corrected chi connectivity index (χ2v) is 8.15. The number of carbonyl (C=O) groups is 1. The minimum absolute atomic E-state index is 0.0927. The average Bonchev–Trinajstić information content (AvgIpc) is 3.18. The molecule has 0 bridgehead atoms. The van der Waals surface area contributed by atoms with Gasteiger partial charge in [0.25, 0.3) is 5.91 Å². The Morgan fingerprint density at radius 2 is 2.14 bits per heavy atom. The van der Waals surface area contributed by atoms with Crippen LogP contribution in [0.2, 0.25) is 0 Å². The summed E-state index contributed by atoms with van der Waals surface area (Å²) in [6.45, 7) is 5.33. The lowest BCUT2D eigenvalue weighted by molar-refractivity contribution is 0.0915. The van der Waals surface area contributed by atoms with Crippen LogP contribution in [-0.2, 0) is 6.42 Å². The maximum atomic E-state index is 12.2. The molecule has 1 amide bonds. The molecule has 0 aromatic carbocycles. The highest BCUT2D eigenvalue weighted by Gasteiger charge is 2.21. The second-order valence-electron chi connectivity index (χ2n) is 5.83. The fraction of sp³-hybridized carbons (Fsp3) is 0.471. The summed E-state index contributed by atoms with van der Waals surface area (Å²) in [6.07, 6.45) is 3.25. The first kappa shape index (κ1) is 15.7. The molecule has 0 saturated carbocycles. The maximum absolute atomic E-state index is 12.2. The normalized spacial score (nSPS) is 16.8. The summed E-state index contributed by atoms with van der Waals surface area (Å²) in [5, 5.41) is 5.33. The number of piperidine rings is 1. The molecule has 118 valence electrons. The van der Waals surface area contributed by atoms with E-state index in [9.17, 15) is 4.79 Å². The van der Waals surface area contributed by atoms with Crippen LogP contribution in [0, 0.1) is 6.92 Å². The van der Waals surface area contributed by atoms with Gasteiger partial charge >= 0.3 is 0 Å². The molecule has 1 aliphatic rings. The predicted octanol–water partition coefficient (Wildman–Crippen LogP) is 3.55. The first-order valence-electron chi connectivity index (χ1n) is 7.83. The van der Waals surface area contributed by atoms with Crippen molar-refractivity contribution in [1.29, 1.82) is 0 Å². The van der Waals surface area contributed by atoms with E-state index in [0.717, 1.165) is 43.8 Å². The zero-order valence-corrected chi connectivity index (χ0v) is 14.5. The van der Waals surface area contributed by atoms with E-state index in [0.29, 0.717) is 6.04 Å². The molecular weight excluding hydrogens is 312 g/mol. The molecule has 5 heteroatoms. The van der Waals surface area contributed by atoms with Crippen molar-refractivity contribution >= 4 is 28.6 Å². The number of hydrogen-bond acceptors (Lipinski definition) is 4. The standard InChI is InChI=1S/C17H22N2OS2/c1-13-4-5-16(22-13)17(20)18-14-6-9-19(10-7-14)11-8-15-3-2-12-21-15/h2-5,12,14H,6-11H2,1H3,(H,18,20). The Labute approximate surface area is 140 Å². The highest BCUT2D eigenvalue weighted by molar-refractivity contribution is 7.13. The third kappa shape index (κ3) is 4.18. The lowest BCUT2D eigenvalue weighted by Gasteiger charge is -2.32. The van der Waals surface area contributed by atoms with Gasteiger partial charge in [0.05, 0.1) is 4.88 Å². The van der Waals surface area contributed by atoms with E-state index in [4.69, 9.17) is 0 Å². The van der Waals surface area contributed by atoms with Crippen LogP contribution in [0.5, 0.6) is 0 Å². The topological polar surface area (TPSA) is 32.3 Å². The third-order valence-corrected chi connectivity index (χ3v) is 6.08. The van der Waals surface area contributed by atoms with Crippen LogP contribution >= 0.6 is 22.7 Å². The van der Waals surface area contributed by atoms with Gasteiger partial charge in [0.15, 0.2) is 0 Å². The smallest absolute Gasteiger partial charge is 0.261 e. The van der Waals surface area contributed by atoms with E-state index in [1.807, 2.05) is 30.4 Å². The van der Waals surface area contributed by atoms with E-state index in [1.165, 1.54) is 9.75 Å². The van der Waals surface area contributed by atoms with E-state index >= 15 is 0 Å². The van der Waals surface area contributed by atoms with Crippen LogP contribution in [0.15, 0.2) is 29.6 Å². The summed E-state index contributed by atoms with van der Waals surface area (Å²) in [6, 6.07) is 8.58. The van der Waals surface area contributed by atoms with Crippen molar-refractivity contribution in [2.75, 3.05) is 19.6 Å². The molecular formula is C17H22N2OS2. The number of thiophene rings is 2. The van der Waals surface area contributed by atoms with E-state index in [2.05, 4.69) is 27.7 Å². The van der Waals surface area contributed by atoms with Crippen molar-refractivity contribution in [3.63, 3.8) is 0 Å². The molecule has 0 atom stereocenters. The van der Waals surface area contributed by atoms with Crippen LogP contribution in [0.1, 0.15) is 32.3 Å². The largest absolute Gasteiger partial charge is 0.349 e. The van der Waals surface area contributed by atoms with Crippen LogP contribution < -0.4 is 5.32 Å². The Bertz CT molecular complexity index is 598. The number of hydrogen-bond donors (Lipinski definition) is 1. The first-order valence-corrected chi connectivity index (χ1v) is 9.52. The Morgan fingerprint density at radius 3 is 2.77 bits per heavy atom. The summed E-state index contributed by atoms with van der Waals surface area (Å²) in [5.41, 5.74) is 0. The van der Waals surface area contributed by atoms with Gasteiger partial charge in [-0.05, 0) is 49.8 Å². The summed E-state index contributed by atoms with van der Waals surface area (Å²) in [5.74, 6) is 0.0927. The van der Waals surface area contributed by atoms with Crippen LogP contribution in [0.3, 0.4) is 0 Å². The number of aryl methyl sites for hydroxylation is 1. The summed E-state index contributed by atoms with van der Waals surface area (Å²) in [7, 11) is 0. The highest BCUT2D eigenvalue weighted by atomic mass is 32.1. The Kier molecular flexibility index (Phi) is 5.28. The fourth-order valence-corrected chi connectivity index (χ4v) is 4.31. The molecule has 1 N–H and O–H groups in total. The van der Waals surface area contributed by atoms with Crippen LogP contribution in [0.4, 0.5) is 0 Å². The van der Waals surface area contributed by atoms with Crippen molar-refractivity contribution in [2.24, 2.45) is 0 Å². The van der Waals surface area contributed by atoms with Gasteiger partial charge in [-0.2, -0.15) is 0 Å². The Hall–Kier alpha value is -1.17. The van der Waals surface area contributed by atoms with Gasteiger partial charge in [-0.15, -0.1) is 22.7 Å². The van der Waals surface area contributed by atoms with Crippen molar-refractivity contribution in [1.82, 2.24) is 10.2 Å². The van der Waals surface area contributed by atoms with Crippen molar-refractivity contribution < 1.29 is 4.79 Å². The SMILES string of the molecule is Cc1ccc(C(=O)NC2CCN(CCc3cccs3)CC2)s1.